The molecule has 6 heteroatoms. The summed E-state index contributed by atoms with van der Waals surface area (Å²) >= 11 is 0. The quantitative estimate of drug-likeness (QED) is 0.136. The average molecular weight is 1210 g/mol. The summed E-state index contributed by atoms with van der Waals surface area (Å²) in [6, 6.07) is 108. The predicted octanol–water partition coefficient (Wildman–Crippen LogP) is 25.8. The summed E-state index contributed by atoms with van der Waals surface area (Å²) in [6.45, 7) is 4.35. The molecular formula is C88H56N2O4. The molecule has 94 heavy (non-hydrogen) atoms. The lowest BCUT2D eigenvalue weighted by atomic mass is 9.90. The van der Waals surface area contributed by atoms with Crippen molar-refractivity contribution in [1.82, 2.24) is 0 Å². The standard InChI is InChI=1S/C88H56N2O4/c1-53-23-15-17-39-73(53)89(75-41-21-37-69-67-35-19-33-65(83(67)93-85(69)75)55-25-7-3-8-26-55)63-45-43-59-49-71-77(51-61(59)47-63)91-87-80(58-31-13-6-14-32-58)82-72-50-60-44-46-64(48-62(60)52-78(72)92-88(82)79(81(71)87)57-29-11-5-12-30-57)90(74-40-18-16-24-54(74)2)76-42-22-38-70-68-36-20-34-66(84(68)94-86(70)76)56-27-9-4-10-28-56/h3-52H,1-2H3. The second kappa shape index (κ2) is 21.1. The minimum atomic E-state index is 0.785. The summed E-state index contributed by atoms with van der Waals surface area (Å²) in [5, 5.41) is 12.5. The van der Waals surface area contributed by atoms with Gasteiger partial charge in [0.2, 0.25) is 0 Å². The van der Waals surface area contributed by atoms with E-state index in [4.69, 9.17) is 17.7 Å². The van der Waals surface area contributed by atoms with E-state index in [-0.39, 0.29) is 0 Å². The van der Waals surface area contributed by atoms with Gasteiger partial charge < -0.3 is 27.5 Å². The molecule has 0 N–H and O–H groups in total. The summed E-state index contributed by atoms with van der Waals surface area (Å²) in [5.74, 6) is 0. The van der Waals surface area contributed by atoms with E-state index in [1.54, 1.807) is 0 Å². The molecule has 0 fully saturated rings. The minimum absolute atomic E-state index is 0.785. The molecule has 0 amide bonds. The first-order valence-corrected chi connectivity index (χ1v) is 32.0. The number of furan rings is 4. The summed E-state index contributed by atoms with van der Waals surface area (Å²) in [4.78, 5) is 4.69. The molecule has 0 spiro atoms. The van der Waals surface area contributed by atoms with Crippen LogP contribution in [0, 0.1) is 13.8 Å². The van der Waals surface area contributed by atoms with Crippen molar-refractivity contribution >= 4 is 143 Å². The van der Waals surface area contributed by atoms with Gasteiger partial charge in [0.15, 0.2) is 11.2 Å². The van der Waals surface area contributed by atoms with Crippen LogP contribution in [0.4, 0.5) is 34.1 Å². The molecule has 6 nitrogen and oxygen atoms in total. The Kier molecular flexibility index (Phi) is 12.0. The number of fused-ring (bicyclic) bond motifs is 14. The van der Waals surface area contributed by atoms with Crippen LogP contribution in [-0.4, -0.2) is 0 Å². The number of rotatable bonds is 10. The lowest BCUT2D eigenvalue weighted by Crippen LogP contribution is -2.11. The molecule has 4 heterocycles. The molecule has 0 aliphatic heterocycles. The van der Waals surface area contributed by atoms with E-state index in [0.29, 0.717) is 0 Å². The van der Waals surface area contributed by atoms with Crippen molar-refractivity contribution in [3.8, 4) is 44.5 Å². The van der Waals surface area contributed by atoms with Crippen molar-refractivity contribution in [3.63, 3.8) is 0 Å². The molecule has 19 rings (SSSR count). The summed E-state index contributed by atoms with van der Waals surface area (Å²) in [6.07, 6.45) is 0. The van der Waals surface area contributed by atoms with Gasteiger partial charge in [0.25, 0.3) is 0 Å². The summed E-state index contributed by atoms with van der Waals surface area (Å²) < 4.78 is 29.1. The second-order valence-corrected chi connectivity index (χ2v) is 24.7. The fourth-order valence-electron chi connectivity index (χ4n) is 14.9. The molecule has 0 radical (unpaired) electrons. The molecule has 0 aliphatic carbocycles. The normalized spacial score (nSPS) is 11.9. The van der Waals surface area contributed by atoms with Gasteiger partial charge in [0, 0.05) is 88.1 Å². The van der Waals surface area contributed by atoms with Crippen LogP contribution >= 0.6 is 0 Å². The van der Waals surface area contributed by atoms with E-state index in [0.717, 1.165) is 199 Å². The highest BCUT2D eigenvalue weighted by Crippen LogP contribution is 2.54. The van der Waals surface area contributed by atoms with Gasteiger partial charge in [-0.25, -0.2) is 0 Å². The first kappa shape index (κ1) is 53.5. The van der Waals surface area contributed by atoms with E-state index in [2.05, 4.69) is 327 Å². The first-order chi connectivity index (χ1) is 46.5. The molecule has 15 aromatic carbocycles. The number of aryl methyl sites for hydroxylation is 2. The maximum absolute atomic E-state index is 7.48. The summed E-state index contributed by atoms with van der Waals surface area (Å²) in [5.41, 5.74) is 23.3. The van der Waals surface area contributed by atoms with Crippen molar-refractivity contribution in [1.29, 1.82) is 0 Å². The van der Waals surface area contributed by atoms with Crippen molar-refractivity contribution in [2.75, 3.05) is 9.80 Å². The van der Waals surface area contributed by atoms with Crippen LogP contribution in [0.15, 0.2) is 321 Å². The van der Waals surface area contributed by atoms with Gasteiger partial charge in [-0.1, -0.05) is 231 Å². The zero-order valence-electron chi connectivity index (χ0n) is 51.4. The number of benzene rings is 15. The van der Waals surface area contributed by atoms with Crippen LogP contribution in [0.2, 0.25) is 0 Å². The number of hydrogen-bond donors (Lipinski definition) is 0. The van der Waals surface area contributed by atoms with Gasteiger partial charge >= 0.3 is 0 Å². The van der Waals surface area contributed by atoms with Gasteiger partial charge in [-0.05, 0) is 142 Å². The van der Waals surface area contributed by atoms with Gasteiger partial charge in [-0.3, -0.25) is 0 Å². The molecule has 0 saturated heterocycles. The van der Waals surface area contributed by atoms with Gasteiger partial charge in [0.1, 0.15) is 33.5 Å². The van der Waals surface area contributed by atoms with Gasteiger partial charge in [0.05, 0.1) is 11.4 Å². The smallest absolute Gasteiger partial charge is 0.159 e. The van der Waals surface area contributed by atoms with Crippen LogP contribution in [0.25, 0.3) is 154 Å². The number of hydrogen-bond acceptors (Lipinski definition) is 6. The SMILES string of the molecule is Cc1ccccc1N(c1ccc2cc3c(cc2c1)oc1c(-c2ccccc2)c2c(oc4cc5cc(N(c6ccccc6C)c6cccc7c6oc6c(-c8ccccc8)cccc67)ccc5cc42)c(-c2ccccc2)c13)c1cccc2c1oc1c(-c3ccccc3)cccc12. The fraction of sp³-hybridized carbons (Fsp3) is 0.0227. The Hall–Kier alpha value is -12.4. The predicted molar refractivity (Wildman–Crippen MR) is 391 cm³/mol. The lowest BCUT2D eigenvalue weighted by molar-refractivity contribution is 0.666. The third kappa shape index (κ3) is 8.29. The topological polar surface area (TPSA) is 59.0 Å². The van der Waals surface area contributed by atoms with Gasteiger partial charge in [-0.15, -0.1) is 0 Å². The fourth-order valence-corrected chi connectivity index (χ4v) is 14.9. The van der Waals surface area contributed by atoms with Crippen LogP contribution in [0.1, 0.15) is 11.1 Å². The number of anilines is 6. The van der Waals surface area contributed by atoms with Crippen LogP contribution < -0.4 is 9.80 Å². The third-order valence-electron chi connectivity index (χ3n) is 19.2. The van der Waals surface area contributed by atoms with Crippen LogP contribution in [0.5, 0.6) is 0 Å². The number of para-hydroxylation sites is 6. The van der Waals surface area contributed by atoms with Crippen LogP contribution in [-0.2, 0) is 0 Å². The molecule has 4 aromatic heterocycles. The Bertz CT molecular complexity index is 5870. The Balaban J connectivity index is 0.804. The monoisotopic (exact) mass is 1200 g/mol. The Morgan fingerprint density at radius 1 is 0.234 bits per heavy atom. The molecule has 0 bridgehead atoms. The van der Waals surface area contributed by atoms with E-state index in [1.807, 2.05) is 0 Å². The van der Waals surface area contributed by atoms with Crippen molar-refractivity contribution < 1.29 is 17.7 Å². The Morgan fingerprint density at radius 2 is 0.585 bits per heavy atom. The van der Waals surface area contributed by atoms with Crippen molar-refractivity contribution in [3.05, 3.63) is 314 Å². The van der Waals surface area contributed by atoms with Gasteiger partial charge in [-0.2, -0.15) is 0 Å². The molecule has 0 unspecified atom stereocenters. The van der Waals surface area contributed by atoms with E-state index >= 15 is 0 Å². The highest BCUT2D eigenvalue weighted by molar-refractivity contribution is 6.31. The maximum atomic E-state index is 7.48. The molecular weight excluding hydrogens is 1150 g/mol. The molecule has 0 atom stereocenters. The highest BCUT2D eigenvalue weighted by Gasteiger charge is 2.29. The zero-order valence-corrected chi connectivity index (χ0v) is 51.4. The average Bonchev–Trinajstić information content (AvgIpc) is 1.54. The van der Waals surface area contributed by atoms with Crippen molar-refractivity contribution in [2.45, 2.75) is 13.8 Å². The van der Waals surface area contributed by atoms with E-state index in [1.165, 1.54) is 0 Å². The Labute approximate surface area is 540 Å². The Morgan fingerprint density at radius 3 is 0.989 bits per heavy atom. The second-order valence-electron chi connectivity index (χ2n) is 24.7. The maximum Gasteiger partial charge on any atom is 0.159 e. The van der Waals surface area contributed by atoms with Crippen LogP contribution in [0.3, 0.4) is 0 Å². The zero-order chi connectivity index (χ0) is 62.1. The molecule has 0 aliphatic rings. The molecule has 442 valence electrons. The largest absolute Gasteiger partial charge is 0.455 e. The minimum Gasteiger partial charge on any atom is -0.455 e. The summed E-state index contributed by atoms with van der Waals surface area (Å²) in [7, 11) is 0. The lowest BCUT2D eigenvalue weighted by Gasteiger charge is -2.27. The molecule has 0 saturated carbocycles. The highest BCUT2D eigenvalue weighted by atomic mass is 16.3. The molecule has 19 aromatic rings. The van der Waals surface area contributed by atoms with Crippen molar-refractivity contribution in [2.24, 2.45) is 0 Å². The number of nitrogens with zero attached hydrogens (tertiary/aromatic N) is 2. The van der Waals surface area contributed by atoms with E-state index < -0.39 is 0 Å². The third-order valence-corrected chi connectivity index (χ3v) is 19.2. The van der Waals surface area contributed by atoms with E-state index in [9.17, 15) is 0 Å². The first-order valence-electron chi connectivity index (χ1n) is 32.0.